The summed E-state index contributed by atoms with van der Waals surface area (Å²) in [5.41, 5.74) is 1.27. The van der Waals surface area contributed by atoms with Gasteiger partial charge in [-0.3, -0.25) is 0 Å². The number of ether oxygens (including phenoxy) is 1. The van der Waals surface area contributed by atoms with Crippen molar-refractivity contribution in [1.82, 2.24) is 0 Å². The molecule has 0 aromatic heterocycles. The summed E-state index contributed by atoms with van der Waals surface area (Å²) in [4.78, 5) is 0. The van der Waals surface area contributed by atoms with E-state index in [0.717, 1.165) is 6.42 Å². The fourth-order valence-electron chi connectivity index (χ4n) is 3.35. The Morgan fingerprint density at radius 3 is 2.29 bits per heavy atom. The molecule has 1 nitrogen and oxygen atoms in total. The molecule has 1 atom stereocenters. The number of benzene rings is 4. The summed E-state index contributed by atoms with van der Waals surface area (Å²) in [6.45, 7) is 4.96. The van der Waals surface area contributed by atoms with Crippen molar-refractivity contribution < 1.29 is 4.74 Å². The van der Waals surface area contributed by atoms with Crippen LogP contribution in [0.15, 0.2) is 66.7 Å². The molecule has 0 aliphatic heterocycles. The first-order valence-electron chi connectivity index (χ1n) is 8.71. The Bertz CT molecular complexity index is 1020. The standard InChI is InChI=1S/C23H22O/c1-3-16(2)24-15-21-10-6-9-17-11-12-20-13-18-7-4-5-8-19(18)14-22(20)23(17)21/h4-14,16H,3,15H2,1-2H3. The van der Waals surface area contributed by atoms with E-state index >= 15 is 0 Å². The van der Waals surface area contributed by atoms with Gasteiger partial charge in [-0.1, -0.05) is 61.5 Å². The third-order valence-corrected chi connectivity index (χ3v) is 4.91. The molecule has 4 aromatic rings. The molecule has 4 rings (SSSR count). The number of hydrogen-bond acceptors (Lipinski definition) is 1. The maximum atomic E-state index is 6.02. The van der Waals surface area contributed by atoms with Crippen molar-refractivity contribution in [2.24, 2.45) is 0 Å². The van der Waals surface area contributed by atoms with Crippen molar-refractivity contribution in [1.29, 1.82) is 0 Å². The van der Waals surface area contributed by atoms with Crippen LogP contribution < -0.4 is 0 Å². The molecule has 1 heteroatoms. The van der Waals surface area contributed by atoms with E-state index in [9.17, 15) is 0 Å². The zero-order valence-corrected chi connectivity index (χ0v) is 14.3. The number of hydrogen-bond donors (Lipinski definition) is 0. The quantitative estimate of drug-likeness (QED) is 0.310. The van der Waals surface area contributed by atoms with E-state index in [1.165, 1.54) is 37.9 Å². The van der Waals surface area contributed by atoms with Crippen LogP contribution in [-0.2, 0) is 11.3 Å². The third-order valence-electron chi connectivity index (χ3n) is 4.91. The highest BCUT2D eigenvalue weighted by atomic mass is 16.5. The van der Waals surface area contributed by atoms with Crippen LogP contribution in [0.1, 0.15) is 25.8 Å². The Morgan fingerprint density at radius 2 is 1.50 bits per heavy atom. The minimum atomic E-state index is 0.288. The van der Waals surface area contributed by atoms with Crippen molar-refractivity contribution in [3.05, 3.63) is 72.3 Å². The highest BCUT2D eigenvalue weighted by molar-refractivity contribution is 6.13. The average molecular weight is 314 g/mol. The van der Waals surface area contributed by atoms with Crippen LogP contribution in [0.3, 0.4) is 0 Å². The van der Waals surface area contributed by atoms with Crippen LogP contribution in [0.5, 0.6) is 0 Å². The Morgan fingerprint density at radius 1 is 0.792 bits per heavy atom. The van der Waals surface area contributed by atoms with Crippen LogP contribution in [0.25, 0.3) is 32.3 Å². The van der Waals surface area contributed by atoms with Crippen molar-refractivity contribution in [3.63, 3.8) is 0 Å². The lowest BCUT2D eigenvalue weighted by Crippen LogP contribution is -2.06. The van der Waals surface area contributed by atoms with E-state index < -0.39 is 0 Å². The Balaban J connectivity index is 1.95. The lowest BCUT2D eigenvalue weighted by Gasteiger charge is -2.14. The van der Waals surface area contributed by atoms with Crippen LogP contribution in [0.4, 0.5) is 0 Å². The van der Waals surface area contributed by atoms with Crippen molar-refractivity contribution >= 4 is 32.3 Å². The average Bonchev–Trinajstić information content (AvgIpc) is 2.64. The van der Waals surface area contributed by atoms with Gasteiger partial charge < -0.3 is 4.74 Å². The SMILES string of the molecule is CCC(C)OCc1cccc2ccc3cc4ccccc4cc3c12. The van der Waals surface area contributed by atoms with Gasteiger partial charge in [0, 0.05) is 0 Å². The lowest BCUT2D eigenvalue weighted by atomic mass is 9.95. The van der Waals surface area contributed by atoms with Gasteiger partial charge >= 0.3 is 0 Å². The smallest absolute Gasteiger partial charge is 0.0726 e. The molecule has 0 bridgehead atoms. The van der Waals surface area contributed by atoms with E-state index in [4.69, 9.17) is 4.74 Å². The topological polar surface area (TPSA) is 9.23 Å². The first kappa shape index (κ1) is 15.2. The zero-order chi connectivity index (χ0) is 16.5. The molecule has 1 unspecified atom stereocenters. The summed E-state index contributed by atoms with van der Waals surface area (Å²) in [5.74, 6) is 0. The second-order valence-corrected chi connectivity index (χ2v) is 6.53. The summed E-state index contributed by atoms with van der Waals surface area (Å²) in [5, 5.41) is 7.78. The van der Waals surface area contributed by atoms with Crippen LogP contribution in [0, 0.1) is 0 Å². The predicted octanol–water partition coefficient (Wildman–Crippen LogP) is 6.46. The van der Waals surface area contributed by atoms with Crippen molar-refractivity contribution in [2.75, 3.05) is 0 Å². The summed E-state index contributed by atoms with van der Waals surface area (Å²) in [6.07, 6.45) is 1.33. The summed E-state index contributed by atoms with van der Waals surface area (Å²) < 4.78 is 6.02. The molecular formula is C23H22O. The van der Waals surface area contributed by atoms with Gasteiger partial charge in [-0.15, -0.1) is 0 Å². The Labute approximate surface area is 142 Å². The third kappa shape index (κ3) is 2.65. The van der Waals surface area contributed by atoms with E-state index in [1.807, 2.05) is 0 Å². The van der Waals surface area contributed by atoms with Gasteiger partial charge in [0.05, 0.1) is 12.7 Å². The van der Waals surface area contributed by atoms with Gasteiger partial charge in [-0.05, 0) is 63.4 Å². The molecule has 120 valence electrons. The summed E-state index contributed by atoms with van der Waals surface area (Å²) >= 11 is 0. The molecule has 0 aliphatic rings. The second kappa shape index (κ2) is 6.26. The normalized spacial score (nSPS) is 12.9. The minimum absolute atomic E-state index is 0.288. The van der Waals surface area contributed by atoms with E-state index in [1.54, 1.807) is 0 Å². The molecule has 0 radical (unpaired) electrons. The van der Waals surface area contributed by atoms with Crippen molar-refractivity contribution in [2.45, 2.75) is 33.0 Å². The molecule has 0 saturated heterocycles. The van der Waals surface area contributed by atoms with Crippen LogP contribution in [-0.4, -0.2) is 6.10 Å². The van der Waals surface area contributed by atoms with Crippen LogP contribution >= 0.6 is 0 Å². The minimum Gasteiger partial charge on any atom is -0.374 e. The largest absolute Gasteiger partial charge is 0.374 e. The molecule has 24 heavy (non-hydrogen) atoms. The number of fused-ring (bicyclic) bond motifs is 4. The molecule has 0 heterocycles. The van der Waals surface area contributed by atoms with Gasteiger partial charge in [0.1, 0.15) is 0 Å². The fourth-order valence-corrected chi connectivity index (χ4v) is 3.35. The van der Waals surface area contributed by atoms with Gasteiger partial charge in [-0.2, -0.15) is 0 Å². The van der Waals surface area contributed by atoms with Gasteiger partial charge in [0.25, 0.3) is 0 Å². The maximum Gasteiger partial charge on any atom is 0.0726 e. The molecule has 0 spiro atoms. The molecule has 4 aromatic carbocycles. The molecule has 0 aliphatic carbocycles. The van der Waals surface area contributed by atoms with E-state index in [0.29, 0.717) is 6.61 Å². The summed E-state index contributed by atoms with van der Waals surface area (Å²) in [7, 11) is 0. The predicted molar refractivity (Wildman–Crippen MR) is 104 cm³/mol. The highest BCUT2D eigenvalue weighted by Crippen LogP contribution is 2.32. The van der Waals surface area contributed by atoms with Gasteiger partial charge in [-0.25, -0.2) is 0 Å². The first-order valence-corrected chi connectivity index (χ1v) is 8.71. The monoisotopic (exact) mass is 314 g/mol. The number of rotatable bonds is 4. The zero-order valence-electron chi connectivity index (χ0n) is 14.3. The molecule has 0 fully saturated rings. The molecular weight excluding hydrogens is 292 g/mol. The Hall–Kier alpha value is -2.38. The molecule has 0 N–H and O–H groups in total. The second-order valence-electron chi connectivity index (χ2n) is 6.53. The molecule has 0 amide bonds. The molecule has 0 saturated carbocycles. The maximum absolute atomic E-state index is 6.02. The highest BCUT2D eigenvalue weighted by Gasteiger charge is 2.08. The van der Waals surface area contributed by atoms with Crippen LogP contribution in [0.2, 0.25) is 0 Å². The first-order chi connectivity index (χ1) is 11.8. The van der Waals surface area contributed by atoms with Crippen molar-refractivity contribution in [3.8, 4) is 0 Å². The summed E-state index contributed by atoms with van der Waals surface area (Å²) in [6, 6.07) is 24.1. The fraction of sp³-hybridized carbons (Fsp3) is 0.217. The lowest BCUT2D eigenvalue weighted by molar-refractivity contribution is 0.0515. The van der Waals surface area contributed by atoms with E-state index in [-0.39, 0.29) is 6.10 Å². The Kier molecular flexibility index (Phi) is 3.95. The van der Waals surface area contributed by atoms with E-state index in [2.05, 4.69) is 80.6 Å². The van der Waals surface area contributed by atoms with Gasteiger partial charge in [0.15, 0.2) is 0 Å². The van der Waals surface area contributed by atoms with Gasteiger partial charge in [0.2, 0.25) is 0 Å².